The van der Waals surface area contributed by atoms with Crippen LogP contribution in [0, 0.1) is 0 Å². The van der Waals surface area contributed by atoms with Gasteiger partial charge in [-0.05, 0) is 37.8 Å². The van der Waals surface area contributed by atoms with Gasteiger partial charge in [-0.15, -0.1) is 11.3 Å². The number of rotatable bonds is 5. The first-order valence-electron chi connectivity index (χ1n) is 5.82. The Labute approximate surface area is 100.0 Å². The summed E-state index contributed by atoms with van der Waals surface area (Å²) in [7, 11) is 0. The van der Waals surface area contributed by atoms with Crippen molar-refractivity contribution in [3.8, 4) is 0 Å². The minimum Gasteiger partial charge on any atom is -0.393 e. The van der Waals surface area contributed by atoms with Gasteiger partial charge >= 0.3 is 0 Å². The average molecular weight is 235 g/mol. The van der Waals surface area contributed by atoms with E-state index >= 15 is 0 Å². The molecular weight excluding hydrogens is 218 g/mol. The second kappa shape index (κ2) is 5.41. The van der Waals surface area contributed by atoms with Gasteiger partial charge in [0.2, 0.25) is 0 Å². The van der Waals surface area contributed by atoms with Crippen molar-refractivity contribution in [2.24, 2.45) is 0 Å². The number of benzene rings is 1. The summed E-state index contributed by atoms with van der Waals surface area (Å²) in [6, 6.07) is 8.23. The minimum absolute atomic E-state index is 0.144. The van der Waals surface area contributed by atoms with Crippen molar-refractivity contribution in [3.63, 3.8) is 0 Å². The van der Waals surface area contributed by atoms with Crippen LogP contribution in [0.3, 0.4) is 0 Å². The Morgan fingerprint density at radius 2 is 2.19 bits per heavy atom. The van der Waals surface area contributed by atoms with Gasteiger partial charge in [-0.2, -0.15) is 0 Å². The molecule has 3 heteroatoms. The normalized spacial score (nSPS) is 13.1. The Balaban J connectivity index is 1.94. The van der Waals surface area contributed by atoms with Crippen molar-refractivity contribution in [1.29, 1.82) is 0 Å². The monoisotopic (exact) mass is 235 g/mol. The van der Waals surface area contributed by atoms with Crippen LogP contribution in [-0.4, -0.2) is 16.2 Å². The number of aliphatic hydroxyl groups excluding tert-OH is 1. The third-order valence-electron chi connectivity index (χ3n) is 2.74. The smallest absolute Gasteiger partial charge is 0.0938 e. The molecule has 0 amide bonds. The van der Waals surface area contributed by atoms with Gasteiger partial charge in [0.05, 0.1) is 21.3 Å². The van der Waals surface area contributed by atoms with Crippen molar-refractivity contribution >= 4 is 21.6 Å². The lowest BCUT2D eigenvalue weighted by Crippen LogP contribution is -2.04. The molecule has 0 bridgehead atoms. The molecule has 1 aromatic heterocycles. The van der Waals surface area contributed by atoms with Crippen molar-refractivity contribution in [3.05, 3.63) is 29.3 Å². The van der Waals surface area contributed by atoms with Crippen LogP contribution >= 0.6 is 11.3 Å². The molecule has 1 atom stereocenters. The lowest BCUT2D eigenvalue weighted by atomic mass is 10.1. The number of para-hydroxylation sites is 1. The zero-order valence-corrected chi connectivity index (χ0v) is 10.3. The lowest BCUT2D eigenvalue weighted by Gasteiger charge is -2.04. The highest BCUT2D eigenvalue weighted by Gasteiger charge is 2.04. The average Bonchev–Trinajstić information content (AvgIpc) is 2.71. The molecule has 1 heterocycles. The number of fused-ring (bicyclic) bond motifs is 1. The van der Waals surface area contributed by atoms with E-state index in [-0.39, 0.29) is 6.10 Å². The summed E-state index contributed by atoms with van der Waals surface area (Å²) in [5.74, 6) is 0. The topological polar surface area (TPSA) is 33.1 Å². The SMILES string of the molecule is CCC(O)CCCc1nc2ccccc2s1. The fourth-order valence-electron chi connectivity index (χ4n) is 1.72. The van der Waals surface area contributed by atoms with Crippen LogP contribution in [0.5, 0.6) is 0 Å². The van der Waals surface area contributed by atoms with E-state index < -0.39 is 0 Å². The summed E-state index contributed by atoms with van der Waals surface area (Å²) < 4.78 is 1.26. The van der Waals surface area contributed by atoms with Gasteiger partial charge in [-0.25, -0.2) is 4.98 Å². The number of nitrogens with zero attached hydrogens (tertiary/aromatic N) is 1. The first kappa shape index (κ1) is 11.6. The van der Waals surface area contributed by atoms with Gasteiger partial charge in [0, 0.05) is 0 Å². The molecule has 2 nitrogen and oxygen atoms in total. The van der Waals surface area contributed by atoms with Gasteiger partial charge in [-0.3, -0.25) is 0 Å². The summed E-state index contributed by atoms with van der Waals surface area (Å²) in [5, 5.41) is 10.6. The number of aliphatic hydroxyl groups is 1. The molecular formula is C13H17NOS. The fourth-order valence-corrected chi connectivity index (χ4v) is 2.73. The van der Waals surface area contributed by atoms with Crippen LogP contribution < -0.4 is 0 Å². The highest BCUT2D eigenvalue weighted by Crippen LogP contribution is 2.22. The summed E-state index contributed by atoms with van der Waals surface area (Å²) in [6.07, 6.45) is 3.59. The Bertz CT molecular complexity index is 419. The maximum atomic E-state index is 9.46. The maximum Gasteiger partial charge on any atom is 0.0938 e. The minimum atomic E-state index is -0.144. The zero-order chi connectivity index (χ0) is 11.4. The summed E-state index contributed by atoms with van der Waals surface area (Å²) in [4.78, 5) is 4.57. The van der Waals surface area contributed by atoms with Crippen LogP contribution in [0.2, 0.25) is 0 Å². The van der Waals surface area contributed by atoms with Crippen LogP contribution in [0.1, 0.15) is 31.2 Å². The van der Waals surface area contributed by atoms with Gasteiger partial charge < -0.3 is 5.11 Å². The Kier molecular flexibility index (Phi) is 3.91. The Morgan fingerprint density at radius 3 is 2.94 bits per heavy atom. The van der Waals surface area contributed by atoms with Crippen LogP contribution in [-0.2, 0) is 6.42 Å². The van der Waals surface area contributed by atoms with Crippen LogP contribution in [0.15, 0.2) is 24.3 Å². The second-order valence-electron chi connectivity index (χ2n) is 4.03. The van der Waals surface area contributed by atoms with Gasteiger partial charge in [0.25, 0.3) is 0 Å². The molecule has 0 radical (unpaired) electrons. The highest BCUT2D eigenvalue weighted by molar-refractivity contribution is 7.18. The van der Waals surface area contributed by atoms with Gasteiger partial charge in [0.15, 0.2) is 0 Å². The molecule has 0 spiro atoms. The second-order valence-corrected chi connectivity index (χ2v) is 5.14. The number of hydrogen-bond donors (Lipinski definition) is 1. The molecule has 16 heavy (non-hydrogen) atoms. The molecule has 0 saturated heterocycles. The first-order chi connectivity index (χ1) is 7.79. The standard InChI is InChI=1S/C13H17NOS/c1-2-10(15)6-5-9-13-14-11-7-3-4-8-12(11)16-13/h3-4,7-8,10,15H,2,5-6,9H2,1H3. The fraction of sp³-hybridized carbons (Fsp3) is 0.462. The highest BCUT2D eigenvalue weighted by atomic mass is 32.1. The van der Waals surface area contributed by atoms with E-state index in [4.69, 9.17) is 0 Å². The molecule has 1 N–H and O–H groups in total. The van der Waals surface area contributed by atoms with E-state index in [1.165, 1.54) is 9.71 Å². The van der Waals surface area contributed by atoms with Crippen molar-refractivity contribution in [2.45, 2.75) is 38.7 Å². The molecule has 86 valence electrons. The summed E-state index contributed by atoms with van der Waals surface area (Å²) in [6.45, 7) is 2.02. The van der Waals surface area contributed by atoms with Crippen molar-refractivity contribution in [2.75, 3.05) is 0 Å². The van der Waals surface area contributed by atoms with Gasteiger partial charge in [0.1, 0.15) is 0 Å². The predicted molar refractivity (Wildman–Crippen MR) is 68.9 cm³/mol. The third-order valence-corrected chi connectivity index (χ3v) is 3.83. The quantitative estimate of drug-likeness (QED) is 0.861. The molecule has 1 aromatic carbocycles. The van der Waals surface area contributed by atoms with Crippen LogP contribution in [0.4, 0.5) is 0 Å². The molecule has 1 unspecified atom stereocenters. The third kappa shape index (κ3) is 2.80. The Morgan fingerprint density at radius 1 is 1.38 bits per heavy atom. The molecule has 2 aromatic rings. The summed E-state index contributed by atoms with van der Waals surface area (Å²) >= 11 is 1.76. The first-order valence-corrected chi connectivity index (χ1v) is 6.63. The van der Waals surface area contributed by atoms with E-state index in [0.717, 1.165) is 31.2 Å². The largest absolute Gasteiger partial charge is 0.393 e. The molecule has 0 aliphatic rings. The number of aryl methyl sites for hydroxylation is 1. The zero-order valence-electron chi connectivity index (χ0n) is 9.52. The lowest BCUT2D eigenvalue weighted by molar-refractivity contribution is 0.158. The predicted octanol–water partition coefficient (Wildman–Crippen LogP) is 3.39. The number of hydrogen-bond acceptors (Lipinski definition) is 3. The van der Waals surface area contributed by atoms with E-state index in [1.54, 1.807) is 11.3 Å². The Hall–Kier alpha value is -0.930. The summed E-state index contributed by atoms with van der Waals surface area (Å²) in [5.41, 5.74) is 1.10. The van der Waals surface area contributed by atoms with Crippen molar-refractivity contribution < 1.29 is 5.11 Å². The van der Waals surface area contributed by atoms with Crippen molar-refractivity contribution in [1.82, 2.24) is 4.98 Å². The van der Waals surface area contributed by atoms with E-state index in [9.17, 15) is 5.11 Å². The number of thiazole rings is 1. The van der Waals surface area contributed by atoms with E-state index in [1.807, 2.05) is 19.1 Å². The van der Waals surface area contributed by atoms with E-state index in [0.29, 0.717) is 0 Å². The molecule has 0 aliphatic carbocycles. The van der Waals surface area contributed by atoms with Gasteiger partial charge in [-0.1, -0.05) is 19.1 Å². The molecule has 2 rings (SSSR count). The molecule has 0 aliphatic heterocycles. The molecule has 0 fully saturated rings. The molecule has 0 saturated carbocycles. The number of aromatic nitrogens is 1. The van der Waals surface area contributed by atoms with Crippen LogP contribution in [0.25, 0.3) is 10.2 Å². The van der Waals surface area contributed by atoms with E-state index in [2.05, 4.69) is 17.1 Å². The maximum absolute atomic E-state index is 9.46.